The summed E-state index contributed by atoms with van der Waals surface area (Å²) in [6, 6.07) is 2.76. The molecule has 6 nitrogen and oxygen atoms in total. The number of aromatic nitrogens is 1. The number of carbonyl (C=O) groups excluding carboxylic acids is 1. The summed E-state index contributed by atoms with van der Waals surface area (Å²) >= 11 is 0. The molecule has 0 saturated heterocycles. The number of hydrogen-bond donors (Lipinski definition) is 2. The van der Waals surface area contributed by atoms with Gasteiger partial charge in [0.05, 0.1) is 12.5 Å². The van der Waals surface area contributed by atoms with Crippen LogP contribution in [0.15, 0.2) is 24.5 Å². The number of amides is 1. The molecule has 0 fully saturated rings. The lowest BCUT2D eigenvalue weighted by Crippen LogP contribution is -2.43. The van der Waals surface area contributed by atoms with E-state index in [0.29, 0.717) is 13.0 Å². The van der Waals surface area contributed by atoms with E-state index >= 15 is 0 Å². The fourth-order valence-corrected chi connectivity index (χ4v) is 1.51. The van der Waals surface area contributed by atoms with Gasteiger partial charge in [-0.25, -0.2) is 0 Å². The summed E-state index contributed by atoms with van der Waals surface area (Å²) < 4.78 is 0. The maximum atomic E-state index is 11.7. The van der Waals surface area contributed by atoms with E-state index in [4.69, 9.17) is 10.8 Å². The highest BCUT2D eigenvalue weighted by Crippen LogP contribution is 2.01. The quantitative estimate of drug-likeness (QED) is 0.735. The molecule has 0 aliphatic rings. The van der Waals surface area contributed by atoms with E-state index in [1.54, 1.807) is 19.4 Å². The van der Waals surface area contributed by atoms with Crippen LogP contribution in [0, 0.1) is 0 Å². The van der Waals surface area contributed by atoms with Crippen molar-refractivity contribution in [2.24, 2.45) is 5.73 Å². The van der Waals surface area contributed by atoms with Crippen LogP contribution in [-0.4, -0.2) is 46.5 Å². The first-order chi connectivity index (χ1) is 8.50. The van der Waals surface area contributed by atoms with Crippen molar-refractivity contribution < 1.29 is 14.7 Å². The van der Waals surface area contributed by atoms with Gasteiger partial charge in [0, 0.05) is 26.0 Å². The van der Waals surface area contributed by atoms with Crippen LogP contribution in [-0.2, 0) is 16.0 Å². The topological polar surface area (TPSA) is 96.5 Å². The zero-order chi connectivity index (χ0) is 13.5. The van der Waals surface area contributed by atoms with Gasteiger partial charge in [-0.2, -0.15) is 0 Å². The molecule has 1 amide bonds. The zero-order valence-corrected chi connectivity index (χ0v) is 10.2. The number of pyridine rings is 1. The van der Waals surface area contributed by atoms with Gasteiger partial charge in [-0.3, -0.25) is 14.6 Å². The van der Waals surface area contributed by atoms with E-state index in [1.165, 1.54) is 4.90 Å². The van der Waals surface area contributed by atoms with E-state index in [0.717, 1.165) is 5.56 Å². The molecular formula is C12H17N3O3. The standard InChI is InChI=1S/C12H17N3O3/c1-15(12(18)10(13)7-11(16)17)6-4-9-3-2-5-14-8-9/h2-3,5,8,10H,4,6-7,13H2,1H3,(H,16,17). The Morgan fingerprint density at radius 2 is 2.28 bits per heavy atom. The second-order valence-electron chi connectivity index (χ2n) is 4.08. The summed E-state index contributed by atoms with van der Waals surface area (Å²) in [5.74, 6) is -1.43. The van der Waals surface area contributed by atoms with Crippen molar-refractivity contribution in [1.29, 1.82) is 0 Å². The molecule has 0 aliphatic heterocycles. The molecule has 3 N–H and O–H groups in total. The van der Waals surface area contributed by atoms with E-state index < -0.39 is 12.0 Å². The highest BCUT2D eigenvalue weighted by molar-refractivity contribution is 5.85. The number of carboxylic acid groups (broad SMARTS) is 1. The molecule has 1 unspecified atom stereocenters. The van der Waals surface area contributed by atoms with E-state index in [-0.39, 0.29) is 12.3 Å². The van der Waals surface area contributed by atoms with Crippen molar-refractivity contribution in [3.8, 4) is 0 Å². The highest BCUT2D eigenvalue weighted by atomic mass is 16.4. The summed E-state index contributed by atoms with van der Waals surface area (Å²) in [5, 5.41) is 8.56. The summed E-state index contributed by atoms with van der Waals surface area (Å²) in [7, 11) is 1.61. The molecule has 6 heteroatoms. The SMILES string of the molecule is CN(CCc1cccnc1)C(=O)C(N)CC(=O)O. The van der Waals surface area contributed by atoms with E-state index in [2.05, 4.69) is 4.98 Å². The first-order valence-electron chi connectivity index (χ1n) is 5.62. The lowest BCUT2D eigenvalue weighted by atomic mass is 10.1. The number of carbonyl (C=O) groups is 2. The highest BCUT2D eigenvalue weighted by Gasteiger charge is 2.20. The maximum Gasteiger partial charge on any atom is 0.305 e. The summed E-state index contributed by atoms with van der Waals surface area (Å²) in [5.41, 5.74) is 6.52. The molecule has 0 saturated carbocycles. The van der Waals surface area contributed by atoms with Crippen molar-refractivity contribution in [3.63, 3.8) is 0 Å². The third-order valence-electron chi connectivity index (χ3n) is 2.55. The van der Waals surface area contributed by atoms with Gasteiger partial charge in [0.25, 0.3) is 0 Å². The van der Waals surface area contributed by atoms with Crippen LogP contribution in [0.3, 0.4) is 0 Å². The van der Waals surface area contributed by atoms with Crippen LogP contribution in [0.25, 0.3) is 0 Å². The minimum atomic E-state index is -1.07. The molecule has 0 radical (unpaired) electrons. The van der Waals surface area contributed by atoms with Crippen LogP contribution in [0.1, 0.15) is 12.0 Å². The lowest BCUT2D eigenvalue weighted by molar-refractivity contribution is -0.141. The van der Waals surface area contributed by atoms with Gasteiger partial charge < -0.3 is 15.7 Å². The van der Waals surface area contributed by atoms with Gasteiger partial charge in [-0.05, 0) is 18.1 Å². The fourth-order valence-electron chi connectivity index (χ4n) is 1.51. The van der Waals surface area contributed by atoms with Crippen LogP contribution < -0.4 is 5.73 Å². The minimum absolute atomic E-state index is 0.351. The Balaban J connectivity index is 2.43. The number of nitrogens with zero attached hydrogens (tertiary/aromatic N) is 2. The zero-order valence-electron chi connectivity index (χ0n) is 10.2. The summed E-state index contributed by atoms with van der Waals surface area (Å²) in [6.45, 7) is 0.484. The smallest absolute Gasteiger partial charge is 0.305 e. The van der Waals surface area contributed by atoms with Crippen LogP contribution in [0.2, 0.25) is 0 Å². The monoisotopic (exact) mass is 251 g/mol. The molecule has 0 bridgehead atoms. The molecule has 0 aromatic carbocycles. The van der Waals surface area contributed by atoms with Crippen LogP contribution in [0.5, 0.6) is 0 Å². The van der Waals surface area contributed by atoms with Gasteiger partial charge in [-0.1, -0.05) is 6.07 Å². The number of nitrogens with two attached hydrogens (primary N) is 1. The molecule has 98 valence electrons. The van der Waals surface area contributed by atoms with Crippen molar-refractivity contribution in [2.45, 2.75) is 18.9 Å². The van der Waals surface area contributed by atoms with Crippen LogP contribution in [0.4, 0.5) is 0 Å². The third-order valence-corrected chi connectivity index (χ3v) is 2.55. The number of carboxylic acids is 1. The van der Waals surface area contributed by atoms with Gasteiger partial charge in [0.1, 0.15) is 0 Å². The molecule has 1 aromatic heterocycles. The second-order valence-corrected chi connectivity index (χ2v) is 4.08. The molecule has 1 atom stereocenters. The maximum absolute atomic E-state index is 11.7. The normalized spacial score (nSPS) is 11.9. The number of rotatable bonds is 6. The van der Waals surface area contributed by atoms with E-state index in [9.17, 15) is 9.59 Å². The predicted molar refractivity (Wildman–Crippen MR) is 65.8 cm³/mol. The minimum Gasteiger partial charge on any atom is -0.481 e. The molecule has 1 heterocycles. The van der Waals surface area contributed by atoms with Crippen molar-refractivity contribution >= 4 is 11.9 Å². The third kappa shape index (κ3) is 4.50. The lowest BCUT2D eigenvalue weighted by Gasteiger charge is -2.20. The largest absolute Gasteiger partial charge is 0.481 e. The van der Waals surface area contributed by atoms with Crippen molar-refractivity contribution in [2.75, 3.05) is 13.6 Å². The van der Waals surface area contributed by atoms with E-state index in [1.807, 2.05) is 12.1 Å². The molecular weight excluding hydrogens is 234 g/mol. The second kappa shape index (κ2) is 6.70. The van der Waals surface area contributed by atoms with Gasteiger partial charge >= 0.3 is 5.97 Å². The molecule has 1 aromatic rings. The molecule has 18 heavy (non-hydrogen) atoms. The van der Waals surface area contributed by atoms with Gasteiger partial charge in [0.15, 0.2) is 0 Å². The Hall–Kier alpha value is -1.95. The van der Waals surface area contributed by atoms with Crippen LogP contribution >= 0.6 is 0 Å². The number of likely N-dealkylation sites (N-methyl/N-ethyl adjacent to an activating group) is 1. The molecule has 0 aliphatic carbocycles. The van der Waals surface area contributed by atoms with Gasteiger partial charge in [-0.15, -0.1) is 0 Å². The predicted octanol–water partition coefficient (Wildman–Crippen LogP) is -0.115. The Morgan fingerprint density at radius 1 is 1.56 bits per heavy atom. The average Bonchev–Trinajstić information content (AvgIpc) is 2.35. The Kier molecular flexibility index (Phi) is 5.26. The molecule has 0 spiro atoms. The first kappa shape index (κ1) is 14.1. The van der Waals surface area contributed by atoms with Crippen molar-refractivity contribution in [1.82, 2.24) is 9.88 Å². The Morgan fingerprint density at radius 3 is 2.83 bits per heavy atom. The Labute approximate surface area is 105 Å². The van der Waals surface area contributed by atoms with Gasteiger partial charge in [0.2, 0.25) is 5.91 Å². The summed E-state index contributed by atoms with van der Waals surface area (Å²) in [4.78, 5) is 27.6. The number of aliphatic carboxylic acids is 1. The molecule has 1 rings (SSSR count). The van der Waals surface area contributed by atoms with Crippen molar-refractivity contribution in [3.05, 3.63) is 30.1 Å². The average molecular weight is 251 g/mol. The fraction of sp³-hybridized carbons (Fsp3) is 0.417. The Bertz CT molecular complexity index is 408. The first-order valence-corrected chi connectivity index (χ1v) is 5.62. The number of hydrogen-bond acceptors (Lipinski definition) is 4. The summed E-state index contributed by atoms with van der Waals surface area (Å²) in [6.07, 6.45) is 3.72.